The summed E-state index contributed by atoms with van der Waals surface area (Å²) in [5, 5.41) is 10.3. The maximum absolute atomic E-state index is 12.7. The normalized spacial score (nSPS) is 28.1. The lowest BCUT2D eigenvalue weighted by Crippen LogP contribution is -2.53. The molecule has 0 bridgehead atoms. The quantitative estimate of drug-likeness (QED) is 0.856. The number of nitrogens with zero attached hydrogens (tertiary/aromatic N) is 3. The van der Waals surface area contributed by atoms with E-state index in [1.54, 1.807) is 0 Å². The molecule has 2 fully saturated rings. The van der Waals surface area contributed by atoms with Gasteiger partial charge in [0.05, 0.1) is 17.8 Å². The smallest absolute Gasteiger partial charge is 0.390 e. The monoisotopic (exact) mass is 331 g/mol. The zero-order valence-electron chi connectivity index (χ0n) is 12.9. The van der Waals surface area contributed by atoms with Gasteiger partial charge in [0.2, 0.25) is 5.82 Å². The molecule has 128 valence electrons. The number of piperidine rings is 1. The first-order valence-corrected chi connectivity index (χ1v) is 7.71. The Kier molecular flexibility index (Phi) is 4.00. The summed E-state index contributed by atoms with van der Waals surface area (Å²) in [5.74, 6) is -0.836. The minimum Gasteiger partial charge on any atom is -0.390 e. The van der Waals surface area contributed by atoms with Gasteiger partial charge in [-0.25, -0.2) is 9.97 Å². The number of anilines is 1. The van der Waals surface area contributed by atoms with E-state index < -0.39 is 17.6 Å². The van der Waals surface area contributed by atoms with E-state index in [0.717, 1.165) is 6.20 Å². The lowest BCUT2D eigenvalue weighted by Gasteiger charge is -2.48. The molecule has 2 aliphatic heterocycles. The lowest BCUT2D eigenvalue weighted by atomic mass is 9.78. The first kappa shape index (κ1) is 16.4. The van der Waals surface area contributed by atoms with E-state index in [1.165, 1.54) is 6.07 Å². The van der Waals surface area contributed by atoms with Gasteiger partial charge in [-0.1, -0.05) is 0 Å². The topological polar surface area (TPSA) is 58.5 Å². The molecule has 3 heterocycles. The Morgan fingerprint density at radius 2 is 1.96 bits per heavy atom. The summed E-state index contributed by atoms with van der Waals surface area (Å²) >= 11 is 0. The summed E-state index contributed by atoms with van der Waals surface area (Å²) < 4.78 is 44.0. The van der Waals surface area contributed by atoms with Gasteiger partial charge in [0, 0.05) is 25.7 Å². The Balaban J connectivity index is 1.70. The van der Waals surface area contributed by atoms with Crippen LogP contribution >= 0.6 is 0 Å². The predicted octanol–water partition coefficient (Wildman–Crippen LogP) is 2.40. The van der Waals surface area contributed by atoms with Crippen molar-refractivity contribution < 1.29 is 23.0 Å². The van der Waals surface area contributed by atoms with Crippen LogP contribution in [0, 0.1) is 0 Å². The van der Waals surface area contributed by atoms with Gasteiger partial charge < -0.3 is 14.7 Å². The zero-order chi connectivity index (χ0) is 16.7. The molecule has 1 atom stereocenters. The van der Waals surface area contributed by atoms with Crippen molar-refractivity contribution in [2.24, 2.45) is 0 Å². The fraction of sp³-hybridized carbons (Fsp3) is 0.733. The molecule has 0 amide bonds. The molecule has 0 radical (unpaired) electrons. The highest BCUT2D eigenvalue weighted by atomic mass is 19.4. The third-order valence-electron chi connectivity index (χ3n) is 4.64. The van der Waals surface area contributed by atoms with Crippen LogP contribution in [-0.4, -0.2) is 46.0 Å². The molecule has 1 spiro atoms. The third kappa shape index (κ3) is 3.58. The maximum atomic E-state index is 12.7. The number of aliphatic hydroxyl groups is 1. The first-order chi connectivity index (χ1) is 10.7. The molecule has 1 unspecified atom stereocenters. The van der Waals surface area contributed by atoms with Crippen molar-refractivity contribution in [3.8, 4) is 0 Å². The van der Waals surface area contributed by atoms with E-state index >= 15 is 0 Å². The minimum absolute atomic E-state index is 0.282. The summed E-state index contributed by atoms with van der Waals surface area (Å²) in [5.41, 5.74) is -1.11. The highest BCUT2D eigenvalue weighted by Crippen LogP contribution is 2.40. The molecule has 0 aromatic carbocycles. The molecule has 8 heteroatoms. The molecule has 0 saturated carbocycles. The number of rotatable bonds is 1. The molecule has 0 aliphatic carbocycles. The molecule has 1 aromatic heterocycles. The minimum atomic E-state index is -4.54. The second kappa shape index (κ2) is 5.59. The third-order valence-corrected chi connectivity index (χ3v) is 4.64. The second-order valence-corrected chi connectivity index (χ2v) is 6.68. The van der Waals surface area contributed by atoms with Gasteiger partial charge in [-0.3, -0.25) is 0 Å². The largest absolute Gasteiger partial charge is 0.451 e. The van der Waals surface area contributed by atoms with Crippen molar-refractivity contribution in [2.45, 2.75) is 50.0 Å². The lowest BCUT2D eigenvalue weighted by molar-refractivity contribution is -0.162. The average molecular weight is 331 g/mol. The molecule has 1 N–H and O–H groups in total. The second-order valence-electron chi connectivity index (χ2n) is 6.68. The fourth-order valence-electron chi connectivity index (χ4n) is 3.45. The predicted molar refractivity (Wildman–Crippen MR) is 77.0 cm³/mol. The van der Waals surface area contributed by atoms with Crippen LogP contribution in [-0.2, 0) is 10.9 Å². The van der Waals surface area contributed by atoms with Crippen LogP contribution < -0.4 is 4.90 Å². The van der Waals surface area contributed by atoms with Crippen LogP contribution in [0.15, 0.2) is 12.3 Å². The Morgan fingerprint density at radius 3 is 2.57 bits per heavy atom. The summed E-state index contributed by atoms with van der Waals surface area (Å²) in [6.45, 7) is 3.41. The van der Waals surface area contributed by atoms with E-state index in [0.29, 0.717) is 45.4 Å². The van der Waals surface area contributed by atoms with Crippen molar-refractivity contribution in [3.05, 3.63) is 18.1 Å². The number of hydrogen-bond donors (Lipinski definition) is 1. The maximum Gasteiger partial charge on any atom is 0.451 e. The van der Waals surface area contributed by atoms with Gasteiger partial charge in [-0.05, 0) is 32.3 Å². The molecule has 23 heavy (non-hydrogen) atoms. The van der Waals surface area contributed by atoms with Crippen molar-refractivity contribution in [1.82, 2.24) is 9.97 Å². The van der Waals surface area contributed by atoms with E-state index in [9.17, 15) is 18.3 Å². The Bertz CT molecular complexity index is 569. The molecule has 2 saturated heterocycles. The summed E-state index contributed by atoms with van der Waals surface area (Å²) in [6.07, 6.45) is -0.913. The van der Waals surface area contributed by atoms with Crippen LogP contribution in [0.2, 0.25) is 0 Å². The number of hydrogen-bond acceptors (Lipinski definition) is 5. The van der Waals surface area contributed by atoms with Crippen LogP contribution in [0.5, 0.6) is 0 Å². The summed E-state index contributed by atoms with van der Waals surface area (Å²) in [6, 6.07) is 1.49. The van der Waals surface area contributed by atoms with E-state index in [2.05, 4.69) is 9.97 Å². The van der Waals surface area contributed by atoms with Crippen LogP contribution in [0.25, 0.3) is 0 Å². The first-order valence-electron chi connectivity index (χ1n) is 7.71. The Labute approximate surface area is 132 Å². The number of alkyl halides is 3. The molecular weight excluding hydrogens is 311 g/mol. The van der Waals surface area contributed by atoms with Gasteiger partial charge in [0.25, 0.3) is 0 Å². The molecule has 2 aliphatic rings. The van der Waals surface area contributed by atoms with Gasteiger partial charge in [0.1, 0.15) is 5.82 Å². The van der Waals surface area contributed by atoms with Gasteiger partial charge in [0.15, 0.2) is 0 Å². The van der Waals surface area contributed by atoms with Crippen LogP contribution in [0.1, 0.15) is 38.4 Å². The van der Waals surface area contributed by atoms with Crippen molar-refractivity contribution in [3.63, 3.8) is 0 Å². The van der Waals surface area contributed by atoms with E-state index in [4.69, 9.17) is 4.74 Å². The summed E-state index contributed by atoms with van der Waals surface area (Å²) in [7, 11) is 0. The SMILES string of the molecule is CC1(O)CCOC2(CCN(c3ccnc(C(F)(F)F)n3)CC2)C1. The molecule has 3 rings (SSSR count). The average Bonchev–Trinajstić information content (AvgIpc) is 2.46. The van der Waals surface area contributed by atoms with Crippen LogP contribution in [0.3, 0.4) is 0 Å². The van der Waals surface area contributed by atoms with Crippen molar-refractivity contribution >= 4 is 5.82 Å². The Morgan fingerprint density at radius 1 is 1.26 bits per heavy atom. The number of ether oxygens (including phenoxy) is 1. The van der Waals surface area contributed by atoms with Gasteiger partial charge >= 0.3 is 6.18 Å². The van der Waals surface area contributed by atoms with Crippen molar-refractivity contribution in [2.75, 3.05) is 24.6 Å². The Hall–Kier alpha value is -1.41. The molecule has 5 nitrogen and oxygen atoms in total. The number of halogens is 3. The molecule has 1 aromatic rings. The zero-order valence-corrected chi connectivity index (χ0v) is 12.9. The van der Waals surface area contributed by atoms with Crippen molar-refractivity contribution in [1.29, 1.82) is 0 Å². The summed E-state index contributed by atoms with van der Waals surface area (Å²) in [4.78, 5) is 8.73. The van der Waals surface area contributed by atoms with Gasteiger partial charge in [-0.2, -0.15) is 13.2 Å². The highest BCUT2D eigenvalue weighted by Gasteiger charge is 2.44. The fourth-order valence-corrected chi connectivity index (χ4v) is 3.45. The van der Waals surface area contributed by atoms with Crippen LogP contribution in [0.4, 0.5) is 19.0 Å². The highest BCUT2D eigenvalue weighted by molar-refractivity contribution is 5.38. The number of aromatic nitrogens is 2. The van der Waals surface area contributed by atoms with E-state index in [-0.39, 0.29) is 11.4 Å². The van der Waals surface area contributed by atoms with E-state index in [1.807, 2.05) is 11.8 Å². The standard InChI is InChI=1S/C15H20F3N3O2/c1-13(22)5-9-23-14(10-13)3-7-21(8-4-14)11-2-6-19-12(20-11)15(16,17)18/h2,6,22H,3-5,7-10H2,1H3. The molecular formula is C15H20F3N3O2. The van der Waals surface area contributed by atoms with Gasteiger partial charge in [-0.15, -0.1) is 0 Å².